The van der Waals surface area contributed by atoms with E-state index in [4.69, 9.17) is 20.9 Å². The van der Waals surface area contributed by atoms with Crippen molar-refractivity contribution in [2.75, 3.05) is 31.0 Å². The van der Waals surface area contributed by atoms with E-state index >= 15 is 0 Å². The van der Waals surface area contributed by atoms with Crippen molar-refractivity contribution in [2.24, 2.45) is 0 Å². The molecule has 10 nitrogen and oxygen atoms in total. The molecule has 4 rings (SSSR count). The number of amides is 1. The van der Waals surface area contributed by atoms with E-state index in [9.17, 15) is 13.2 Å². The molecule has 12 heteroatoms. The van der Waals surface area contributed by atoms with Gasteiger partial charge in [-0.15, -0.1) is 0 Å². The lowest BCUT2D eigenvalue weighted by molar-refractivity contribution is 0.0272. The van der Waals surface area contributed by atoms with Crippen LogP contribution in [0.25, 0.3) is 11.4 Å². The van der Waals surface area contributed by atoms with Gasteiger partial charge in [0.15, 0.2) is 0 Å². The molecule has 1 aliphatic rings. The zero-order valence-electron chi connectivity index (χ0n) is 16.4. The van der Waals surface area contributed by atoms with Gasteiger partial charge in [0, 0.05) is 24.8 Å². The summed E-state index contributed by atoms with van der Waals surface area (Å²) in [6, 6.07) is 7.69. The predicted octanol–water partition coefficient (Wildman–Crippen LogP) is 2.37. The Bertz CT molecular complexity index is 1210. The van der Waals surface area contributed by atoms with Crippen LogP contribution < -0.4 is 4.72 Å². The third kappa shape index (κ3) is 4.68. The van der Waals surface area contributed by atoms with Crippen LogP contribution >= 0.6 is 11.6 Å². The van der Waals surface area contributed by atoms with Crippen molar-refractivity contribution in [2.45, 2.75) is 11.8 Å². The Kier molecular flexibility index (Phi) is 5.90. The van der Waals surface area contributed by atoms with Crippen LogP contribution in [0, 0.1) is 6.92 Å². The highest BCUT2D eigenvalue weighted by molar-refractivity contribution is 7.92. The summed E-state index contributed by atoms with van der Waals surface area (Å²) in [6.45, 7) is 3.43. The Hall–Kier alpha value is -3.02. The van der Waals surface area contributed by atoms with Crippen molar-refractivity contribution in [1.29, 1.82) is 0 Å². The number of rotatable bonds is 5. The van der Waals surface area contributed by atoms with Crippen LogP contribution in [0.5, 0.6) is 0 Å². The van der Waals surface area contributed by atoms with E-state index in [-0.39, 0.29) is 22.4 Å². The fourth-order valence-corrected chi connectivity index (χ4v) is 4.38. The molecule has 0 bridgehead atoms. The molecule has 2 aromatic heterocycles. The van der Waals surface area contributed by atoms with Crippen molar-refractivity contribution >= 4 is 33.3 Å². The number of benzene rings is 1. The summed E-state index contributed by atoms with van der Waals surface area (Å²) in [6.07, 6.45) is 1.34. The van der Waals surface area contributed by atoms with Gasteiger partial charge in [-0.3, -0.25) is 9.52 Å². The summed E-state index contributed by atoms with van der Waals surface area (Å²) >= 11 is 5.79. The van der Waals surface area contributed by atoms with E-state index in [0.29, 0.717) is 42.5 Å². The molecule has 0 saturated carbocycles. The number of nitrogens with one attached hydrogen (secondary N) is 1. The monoisotopic (exact) mass is 463 g/mol. The molecule has 31 heavy (non-hydrogen) atoms. The number of hydrogen-bond donors (Lipinski definition) is 1. The minimum absolute atomic E-state index is 0.0209. The van der Waals surface area contributed by atoms with Crippen LogP contribution in [0.4, 0.5) is 5.82 Å². The van der Waals surface area contributed by atoms with Crippen LogP contribution in [0.2, 0.25) is 5.02 Å². The quantitative estimate of drug-likeness (QED) is 0.610. The summed E-state index contributed by atoms with van der Waals surface area (Å²) in [7, 11) is -3.94. The Morgan fingerprint density at radius 1 is 1.19 bits per heavy atom. The van der Waals surface area contributed by atoms with E-state index in [1.54, 1.807) is 24.0 Å². The van der Waals surface area contributed by atoms with Gasteiger partial charge in [0.1, 0.15) is 5.82 Å². The number of carbonyl (C=O) groups is 1. The topological polar surface area (TPSA) is 128 Å². The highest BCUT2D eigenvalue weighted by Gasteiger charge is 2.25. The van der Waals surface area contributed by atoms with Crippen LogP contribution in [-0.4, -0.2) is 60.7 Å². The number of anilines is 1. The molecule has 3 aromatic rings. The van der Waals surface area contributed by atoms with E-state index in [2.05, 4.69) is 19.8 Å². The maximum Gasteiger partial charge on any atom is 0.316 e. The number of halogens is 1. The molecule has 0 unspecified atom stereocenters. The molecule has 1 fully saturated rings. The van der Waals surface area contributed by atoms with Gasteiger partial charge in [0.25, 0.3) is 10.0 Å². The largest absolute Gasteiger partial charge is 0.378 e. The fourth-order valence-electron chi connectivity index (χ4n) is 2.99. The smallest absolute Gasteiger partial charge is 0.316 e. The zero-order valence-corrected chi connectivity index (χ0v) is 18.0. The molecule has 0 aliphatic carbocycles. The minimum Gasteiger partial charge on any atom is -0.378 e. The Morgan fingerprint density at radius 2 is 1.97 bits per heavy atom. The second kappa shape index (κ2) is 8.61. The molecule has 1 N–H and O–H groups in total. The van der Waals surface area contributed by atoms with Crippen LogP contribution in [0.1, 0.15) is 16.2 Å². The number of morpholine rings is 1. The molecule has 1 amide bonds. The SMILES string of the molecule is Cc1ccc(-c2noc(C(=O)N3CCOCC3)n2)cc1S(=O)(=O)Nc1ccc(Cl)cn1. The van der Waals surface area contributed by atoms with Crippen LogP contribution in [0.3, 0.4) is 0 Å². The predicted molar refractivity (Wildman–Crippen MR) is 111 cm³/mol. The Balaban J connectivity index is 1.60. The highest BCUT2D eigenvalue weighted by atomic mass is 35.5. The van der Waals surface area contributed by atoms with E-state index in [1.165, 1.54) is 24.4 Å². The lowest BCUT2D eigenvalue weighted by atomic mass is 10.1. The first-order chi connectivity index (χ1) is 14.8. The Morgan fingerprint density at radius 3 is 2.68 bits per heavy atom. The van der Waals surface area contributed by atoms with Gasteiger partial charge in [-0.05, 0) is 30.7 Å². The molecule has 0 atom stereocenters. The second-order valence-electron chi connectivity index (χ2n) is 6.78. The first-order valence-electron chi connectivity index (χ1n) is 9.29. The Labute approximate surface area is 183 Å². The second-order valence-corrected chi connectivity index (χ2v) is 8.86. The number of hydrogen-bond acceptors (Lipinski definition) is 8. The average molecular weight is 464 g/mol. The van der Waals surface area contributed by atoms with Gasteiger partial charge in [-0.25, -0.2) is 13.4 Å². The summed E-state index contributed by atoms with van der Waals surface area (Å²) in [5.41, 5.74) is 0.901. The van der Waals surface area contributed by atoms with Gasteiger partial charge in [-0.1, -0.05) is 28.9 Å². The molecule has 1 aromatic carbocycles. The lowest BCUT2D eigenvalue weighted by Gasteiger charge is -2.25. The van der Waals surface area contributed by atoms with Crippen molar-refractivity contribution in [3.05, 3.63) is 53.0 Å². The highest BCUT2D eigenvalue weighted by Crippen LogP contribution is 2.25. The molecule has 3 heterocycles. The summed E-state index contributed by atoms with van der Waals surface area (Å²) in [5, 5.41) is 4.23. The van der Waals surface area contributed by atoms with Gasteiger partial charge in [-0.2, -0.15) is 4.98 Å². The van der Waals surface area contributed by atoms with Crippen LogP contribution in [0.15, 0.2) is 45.9 Å². The first-order valence-corrected chi connectivity index (χ1v) is 11.2. The van der Waals surface area contributed by atoms with Gasteiger partial charge < -0.3 is 14.2 Å². The summed E-state index contributed by atoms with van der Waals surface area (Å²) < 4.78 is 38.5. The molecule has 0 radical (unpaired) electrons. The van der Waals surface area contributed by atoms with Crippen molar-refractivity contribution in [1.82, 2.24) is 20.0 Å². The van der Waals surface area contributed by atoms with Gasteiger partial charge in [0.05, 0.1) is 23.1 Å². The number of aromatic nitrogens is 3. The van der Waals surface area contributed by atoms with Crippen molar-refractivity contribution in [3.63, 3.8) is 0 Å². The molecule has 162 valence electrons. The molecule has 0 spiro atoms. The van der Waals surface area contributed by atoms with Gasteiger partial charge in [0.2, 0.25) is 5.82 Å². The number of carbonyl (C=O) groups excluding carboxylic acids is 1. The standard InChI is InChI=1S/C19H18ClN5O5S/c1-12-2-3-13(10-15(12)31(27,28)24-16-5-4-14(20)11-21-16)17-22-18(30-23-17)19(26)25-6-8-29-9-7-25/h2-5,10-11H,6-9H2,1H3,(H,21,24). The molecule has 1 aliphatic heterocycles. The molecule has 1 saturated heterocycles. The fraction of sp³-hybridized carbons (Fsp3) is 0.263. The van der Waals surface area contributed by atoms with E-state index in [0.717, 1.165) is 0 Å². The third-order valence-electron chi connectivity index (χ3n) is 4.61. The maximum atomic E-state index is 12.9. The number of aryl methyl sites for hydroxylation is 1. The molecular formula is C19H18ClN5O5S. The minimum atomic E-state index is -3.94. The number of sulfonamides is 1. The average Bonchev–Trinajstić information content (AvgIpc) is 3.26. The number of ether oxygens (including phenoxy) is 1. The molecular weight excluding hydrogens is 446 g/mol. The summed E-state index contributed by atoms with van der Waals surface area (Å²) in [4.78, 5) is 22.2. The number of nitrogens with zero attached hydrogens (tertiary/aromatic N) is 4. The van der Waals surface area contributed by atoms with E-state index < -0.39 is 15.9 Å². The van der Waals surface area contributed by atoms with Crippen molar-refractivity contribution in [3.8, 4) is 11.4 Å². The third-order valence-corrected chi connectivity index (χ3v) is 6.33. The number of pyridine rings is 1. The van der Waals surface area contributed by atoms with Gasteiger partial charge >= 0.3 is 11.8 Å². The maximum absolute atomic E-state index is 12.9. The zero-order chi connectivity index (χ0) is 22.0. The van der Waals surface area contributed by atoms with Crippen LogP contribution in [-0.2, 0) is 14.8 Å². The normalized spacial score (nSPS) is 14.5. The first kappa shape index (κ1) is 21.2. The van der Waals surface area contributed by atoms with Crippen molar-refractivity contribution < 1.29 is 22.5 Å². The summed E-state index contributed by atoms with van der Waals surface area (Å²) in [5.74, 6) is -0.312. The lowest BCUT2D eigenvalue weighted by Crippen LogP contribution is -2.40. The van der Waals surface area contributed by atoms with E-state index in [1.807, 2.05) is 0 Å².